The van der Waals surface area contributed by atoms with Crippen LogP contribution in [0.15, 0.2) is 15.8 Å². The molecule has 1 aliphatic rings. The van der Waals surface area contributed by atoms with Gasteiger partial charge < -0.3 is 19.4 Å². The van der Waals surface area contributed by atoms with Crippen molar-refractivity contribution in [3.8, 4) is 0 Å². The Morgan fingerprint density at radius 3 is 2.52 bits per heavy atom. The van der Waals surface area contributed by atoms with Crippen molar-refractivity contribution in [2.24, 2.45) is 0 Å². The lowest BCUT2D eigenvalue weighted by molar-refractivity contribution is -0.148. The third-order valence-electron chi connectivity index (χ3n) is 5.20. The molecule has 0 aromatic carbocycles. The van der Waals surface area contributed by atoms with Crippen molar-refractivity contribution in [3.63, 3.8) is 0 Å². The van der Waals surface area contributed by atoms with Gasteiger partial charge in [0.25, 0.3) is 5.56 Å². The molecule has 1 fully saturated rings. The Kier molecular flexibility index (Phi) is 5.05. The second-order valence-electron chi connectivity index (χ2n) is 8.05. The number of halogens is 2. The van der Waals surface area contributed by atoms with Gasteiger partial charge in [0.1, 0.15) is 11.7 Å². The van der Waals surface area contributed by atoms with Crippen LogP contribution in [0.3, 0.4) is 0 Å². The van der Waals surface area contributed by atoms with Gasteiger partial charge in [0.2, 0.25) is 5.82 Å². The largest absolute Gasteiger partial charge is 0.408 e. The maximum Gasteiger partial charge on any atom is 0.330 e. The summed E-state index contributed by atoms with van der Waals surface area (Å²) in [5, 5.41) is 19.5. The van der Waals surface area contributed by atoms with E-state index in [4.69, 9.17) is 11.9 Å². The lowest BCUT2D eigenvalue weighted by Gasteiger charge is -2.42. The van der Waals surface area contributed by atoms with Gasteiger partial charge in [-0.1, -0.05) is 20.8 Å². The molecular weight excluding hydrogens is 382 g/mol. The quantitative estimate of drug-likeness (QED) is 0.615. The predicted octanol–water partition coefficient (Wildman–Crippen LogP) is 0.656. The molecule has 27 heavy (non-hydrogen) atoms. The number of aromatic amines is 1. The zero-order valence-corrected chi connectivity index (χ0v) is 16.7. The van der Waals surface area contributed by atoms with Crippen LogP contribution < -0.4 is 11.2 Å². The van der Waals surface area contributed by atoms with Crippen molar-refractivity contribution in [3.05, 3.63) is 32.9 Å². The first-order valence-electron chi connectivity index (χ1n) is 9.32. The highest BCUT2D eigenvalue weighted by Gasteiger charge is 2.59. The van der Waals surface area contributed by atoms with E-state index in [0.29, 0.717) is 10.8 Å². The van der Waals surface area contributed by atoms with Gasteiger partial charge in [0, 0.05) is 0 Å². The molecule has 0 aliphatic carbocycles. The molecule has 4 atom stereocenters. The third kappa shape index (κ3) is 3.79. The zero-order valence-electron chi connectivity index (χ0n) is 17.7. The topological polar surface area (TPSA) is 114 Å². The molecule has 1 aromatic rings. The summed E-state index contributed by atoms with van der Waals surface area (Å²) in [5.74, 6) is -1.39. The van der Waals surface area contributed by atoms with E-state index in [9.17, 15) is 24.2 Å². The van der Waals surface area contributed by atoms with E-state index in [1.807, 2.05) is 20.8 Å². The average Bonchev–Trinajstić information content (AvgIpc) is 2.83. The van der Waals surface area contributed by atoms with E-state index in [0.717, 1.165) is 0 Å². The van der Waals surface area contributed by atoms with Gasteiger partial charge in [0.15, 0.2) is 20.7 Å². The summed E-state index contributed by atoms with van der Waals surface area (Å²) in [4.78, 5) is 25.0. The number of ether oxygens (including phenoxy) is 1. The number of nitrogens with one attached hydrogen (secondary N) is 1. The molecule has 0 radical (unpaired) electrons. The van der Waals surface area contributed by atoms with Gasteiger partial charge in [-0.05, 0) is 18.1 Å². The predicted molar refractivity (Wildman–Crippen MR) is 95.3 cm³/mol. The normalized spacial score (nSPS) is 30.9. The van der Waals surface area contributed by atoms with Gasteiger partial charge in [-0.2, -0.15) is 4.39 Å². The highest BCUT2D eigenvalue weighted by atomic mass is 28.4. The molecule has 2 rings (SSSR count). The van der Waals surface area contributed by atoms with Crippen LogP contribution in [-0.2, 0) is 9.16 Å². The summed E-state index contributed by atoms with van der Waals surface area (Å²) in [6, 6.07) is 0. The van der Waals surface area contributed by atoms with Crippen LogP contribution in [0, 0.1) is 5.82 Å². The molecule has 0 spiro atoms. The van der Waals surface area contributed by atoms with E-state index in [1.54, 1.807) is 18.1 Å². The zero-order chi connectivity index (χ0) is 22.6. The molecule has 0 unspecified atom stereocenters. The number of nitrogens with zero attached hydrogens (tertiary/aromatic N) is 1. The molecule has 0 saturated carbocycles. The van der Waals surface area contributed by atoms with Crippen LogP contribution >= 0.6 is 0 Å². The fourth-order valence-corrected chi connectivity index (χ4v) is 3.83. The molecule has 8 nitrogen and oxygen atoms in total. The Morgan fingerprint density at radius 2 is 2.04 bits per heavy atom. The second-order valence-corrected chi connectivity index (χ2v) is 12.8. The van der Waals surface area contributed by atoms with E-state index < -0.39 is 67.7 Å². The van der Waals surface area contributed by atoms with Gasteiger partial charge in [-0.3, -0.25) is 14.3 Å². The minimum atomic E-state index is -3.28. The van der Waals surface area contributed by atoms with Crippen LogP contribution in [-0.4, -0.2) is 59.1 Å². The number of hydrogen-bond acceptors (Lipinski definition) is 6. The first kappa shape index (κ1) is 18.9. The van der Waals surface area contributed by atoms with Crippen molar-refractivity contribution >= 4 is 8.32 Å². The number of aliphatic hydroxyl groups is 2. The van der Waals surface area contributed by atoms with Crippen LogP contribution in [0.5, 0.6) is 0 Å². The van der Waals surface area contributed by atoms with Crippen molar-refractivity contribution in [2.75, 3.05) is 13.2 Å². The van der Waals surface area contributed by atoms with E-state index >= 15 is 4.39 Å². The molecule has 11 heteroatoms. The number of alkyl halides is 1. The molecule has 0 amide bonds. The van der Waals surface area contributed by atoms with Gasteiger partial charge in [-0.15, -0.1) is 0 Å². The minimum absolute atomic E-state index is 0.395. The first-order chi connectivity index (χ1) is 13.0. The van der Waals surface area contributed by atoms with E-state index in [-0.39, 0.29) is 0 Å². The molecule has 2 heterocycles. The summed E-state index contributed by atoms with van der Waals surface area (Å²) in [6.45, 7) is 4.55. The van der Waals surface area contributed by atoms with Crippen molar-refractivity contribution < 1.29 is 30.9 Å². The Balaban J connectivity index is 2.63. The van der Waals surface area contributed by atoms with Crippen LogP contribution in [0.25, 0.3) is 0 Å². The molecule has 3 N–H and O–H groups in total. The monoisotopic (exact) mass is 410 g/mol. The third-order valence-corrected chi connectivity index (χ3v) is 9.66. The van der Waals surface area contributed by atoms with Crippen LogP contribution in [0.1, 0.15) is 29.7 Å². The fraction of sp³-hybridized carbons (Fsp3) is 0.750. The average molecular weight is 410 g/mol. The SMILES string of the molecule is [2H]C([2H])(O)[C@]1(CO)O[C@@H](n2cc(F)c(=O)[nH]c2=O)[C@@H](F)[C@@H]1O[Si](C)(C)C(C)(C)C. The fourth-order valence-electron chi connectivity index (χ4n) is 2.52. The highest BCUT2D eigenvalue weighted by Crippen LogP contribution is 2.45. The maximum absolute atomic E-state index is 15.5. The molecule has 1 aromatic heterocycles. The van der Waals surface area contributed by atoms with Crippen LogP contribution in [0.4, 0.5) is 8.78 Å². The number of aliphatic hydroxyl groups excluding tert-OH is 1. The molecule has 1 aliphatic heterocycles. The Hall–Kier alpha value is -1.40. The van der Waals surface area contributed by atoms with Crippen LogP contribution in [0.2, 0.25) is 18.1 Å². The first-order valence-corrected chi connectivity index (χ1v) is 11.2. The summed E-state index contributed by atoms with van der Waals surface area (Å²) < 4.78 is 56.3. The summed E-state index contributed by atoms with van der Waals surface area (Å²) >= 11 is 0. The molecular formula is C16H26F2N2O6Si. The Bertz CT molecular complexity index is 882. The summed E-state index contributed by atoms with van der Waals surface area (Å²) in [6.07, 6.45) is -5.64. The second kappa shape index (κ2) is 7.21. The number of aromatic nitrogens is 2. The van der Waals surface area contributed by atoms with Crippen molar-refractivity contribution in [2.45, 2.75) is 63.0 Å². The lowest BCUT2D eigenvalue weighted by atomic mass is 9.98. The number of H-pyrrole nitrogens is 1. The van der Waals surface area contributed by atoms with Gasteiger partial charge >= 0.3 is 5.69 Å². The summed E-state index contributed by atoms with van der Waals surface area (Å²) in [7, 11) is -2.79. The van der Waals surface area contributed by atoms with E-state index in [2.05, 4.69) is 0 Å². The number of hydrogen-bond donors (Lipinski definition) is 3. The highest BCUT2D eigenvalue weighted by molar-refractivity contribution is 6.74. The number of rotatable bonds is 5. The lowest BCUT2D eigenvalue weighted by Crippen LogP contribution is -2.56. The van der Waals surface area contributed by atoms with Gasteiger partial charge in [-0.25, -0.2) is 9.18 Å². The Labute approximate surface area is 158 Å². The Morgan fingerprint density at radius 1 is 1.44 bits per heavy atom. The maximum atomic E-state index is 15.5. The smallest absolute Gasteiger partial charge is 0.330 e. The van der Waals surface area contributed by atoms with Crippen molar-refractivity contribution in [1.29, 1.82) is 0 Å². The minimum Gasteiger partial charge on any atom is -0.408 e. The molecule has 0 bridgehead atoms. The standard InChI is InChI=1S/C16H26F2N2O6Si/c1-15(2,3)27(4,5)26-11-10(18)13(25-16(11,7-21)8-22)20-6-9(17)12(23)19-14(20)24/h6,10-11,13,21-22H,7-8H2,1-5H3,(H,19,23,24)/t10-,11-,13+/m0/s1/i7D2/t10-,11-,13+,16+. The summed E-state index contributed by atoms with van der Waals surface area (Å²) in [5.41, 5.74) is -5.12. The van der Waals surface area contributed by atoms with Crippen molar-refractivity contribution in [1.82, 2.24) is 9.55 Å². The molecule has 154 valence electrons. The van der Waals surface area contributed by atoms with Gasteiger partial charge in [0.05, 0.1) is 22.1 Å². The molecule has 1 saturated heterocycles. The van der Waals surface area contributed by atoms with E-state index in [1.165, 1.54) is 0 Å².